The molecule has 0 aromatic heterocycles. The molecule has 2 rings (SSSR count). The van der Waals surface area contributed by atoms with Crippen molar-refractivity contribution in [2.75, 3.05) is 0 Å². The van der Waals surface area contributed by atoms with Gasteiger partial charge in [0.05, 0.1) is 0 Å². The zero-order chi connectivity index (χ0) is 18.2. The van der Waals surface area contributed by atoms with E-state index in [2.05, 4.69) is 58.9 Å². The minimum Gasteiger partial charge on any atom is -0.0683 e. The molecule has 1 saturated carbocycles. The second kappa shape index (κ2) is 10.3. The van der Waals surface area contributed by atoms with Crippen molar-refractivity contribution >= 4 is 0 Å². The van der Waals surface area contributed by atoms with Crippen LogP contribution in [0.15, 0.2) is 24.3 Å². The zero-order valence-electron chi connectivity index (χ0n) is 17.5. The number of hydrogen-bond acceptors (Lipinski definition) is 0. The van der Waals surface area contributed by atoms with E-state index >= 15 is 0 Å². The van der Waals surface area contributed by atoms with Gasteiger partial charge in [0.15, 0.2) is 0 Å². The molecule has 1 aliphatic carbocycles. The highest BCUT2D eigenvalue weighted by atomic mass is 14.5. The van der Waals surface area contributed by atoms with Gasteiger partial charge in [-0.1, -0.05) is 79.2 Å². The van der Waals surface area contributed by atoms with Gasteiger partial charge in [0.2, 0.25) is 0 Å². The second-order valence-corrected chi connectivity index (χ2v) is 8.33. The van der Waals surface area contributed by atoms with Crippen molar-refractivity contribution in [2.45, 2.75) is 93.4 Å². The Balaban J connectivity index is 0.00000139. The SMILES string of the molecule is CC.CCCC1(C(C)C(C)Cc2cccc(CCC(C)C)c2)CC1. The molecule has 0 radical (unpaired) electrons. The summed E-state index contributed by atoms with van der Waals surface area (Å²) in [6.07, 6.45) is 9.52. The highest BCUT2D eigenvalue weighted by Gasteiger charge is 2.47. The third kappa shape index (κ3) is 6.26. The molecule has 0 spiro atoms. The van der Waals surface area contributed by atoms with Crippen LogP contribution < -0.4 is 0 Å². The minimum absolute atomic E-state index is 0.698. The summed E-state index contributed by atoms with van der Waals surface area (Å²) < 4.78 is 0. The highest BCUT2D eigenvalue weighted by molar-refractivity contribution is 5.24. The van der Waals surface area contributed by atoms with E-state index in [-0.39, 0.29) is 0 Å². The summed E-state index contributed by atoms with van der Waals surface area (Å²) in [5.74, 6) is 2.47. The van der Waals surface area contributed by atoms with Gasteiger partial charge in [-0.15, -0.1) is 0 Å². The smallest absolute Gasteiger partial charge is 0.0250 e. The van der Waals surface area contributed by atoms with Gasteiger partial charge < -0.3 is 0 Å². The van der Waals surface area contributed by atoms with Crippen LogP contribution in [0.1, 0.15) is 91.7 Å². The van der Waals surface area contributed by atoms with E-state index in [0.717, 1.165) is 17.8 Å². The van der Waals surface area contributed by atoms with E-state index in [1.54, 1.807) is 5.56 Å². The van der Waals surface area contributed by atoms with Crippen LogP contribution in [-0.4, -0.2) is 0 Å². The molecular formula is C24H42. The van der Waals surface area contributed by atoms with Crippen molar-refractivity contribution < 1.29 is 0 Å². The Morgan fingerprint density at radius 2 is 1.62 bits per heavy atom. The monoisotopic (exact) mass is 330 g/mol. The van der Waals surface area contributed by atoms with E-state index in [9.17, 15) is 0 Å². The van der Waals surface area contributed by atoms with E-state index < -0.39 is 0 Å². The molecule has 0 nitrogen and oxygen atoms in total. The lowest BCUT2D eigenvalue weighted by Crippen LogP contribution is -2.22. The van der Waals surface area contributed by atoms with Crippen molar-refractivity contribution in [2.24, 2.45) is 23.2 Å². The minimum atomic E-state index is 0.698. The maximum absolute atomic E-state index is 2.51. The molecule has 1 aromatic rings. The first-order valence-electron chi connectivity index (χ1n) is 10.5. The van der Waals surface area contributed by atoms with Gasteiger partial charge in [-0.2, -0.15) is 0 Å². The molecule has 0 bridgehead atoms. The van der Waals surface area contributed by atoms with Crippen molar-refractivity contribution in [3.8, 4) is 0 Å². The number of benzene rings is 1. The highest BCUT2D eigenvalue weighted by Crippen LogP contribution is 2.57. The maximum Gasteiger partial charge on any atom is -0.0250 e. The van der Waals surface area contributed by atoms with Crippen LogP contribution in [-0.2, 0) is 12.8 Å². The molecular weight excluding hydrogens is 288 g/mol. The zero-order valence-corrected chi connectivity index (χ0v) is 17.5. The predicted molar refractivity (Wildman–Crippen MR) is 110 cm³/mol. The van der Waals surface area contributed by atoms with Crippen LogP contribution in [0.2, 0.25) is 0 Å². The fourth-order valence-corrected chi connectivity index (χ4v) is 4.11. The lowest BCUT2D eigenvalue weighted by molar-refractivity contribution is 0.223. The summed E-state index contributed by atoms with van der Waals surface area (Å²) in [5, 5.41) is 0. The Labute approximate surface area is 152 Å². The van der Waals surface area contributed by atoms with Crippen molar-refractivity contribution in [1.82, 2.24) is 0 Å². The molecule has 0 amide bonds. The van der Waals surface area contributed by atoms with Gasteiger partial charge in [-0.25, -0.2) is 0 Å². The summed E-state index contributed by atoms with van der Waals surface area (Å²) in [6, 6.07) is 9.37. The van der Waals surface area contributed by atoms with Gasteiger partial charge in [0.25, 0.3) is 0 Å². The first-order valence-corrected chi connectivity index (χ1v) is 10.5. The van der Waals surface area contributed by atoms with E-state index in [1.807, 2.05) is 13.8 Å². The topological polar surface area (TPSA) is 0 Å². The molecule has 24 heavy (non-hydrogen) atoms. The van der Waals surface area contributed by atoms with Crippen LogP contribution in [0.5, 0.6) is 0 Å². The van der Waals surface area contributed by atoms with Crippen LogP contribution >= 0.6 is 0 Å². The number of aryl methyl sites for hydroxylation is 1. The van der Waals surface area contributed by atoms with Gasteiger partial charge in [-0.05, 0) is 72.8 Å². The normalized spacial score (nSPS) is 17.8. The van der Waals surface area contributed by atoms with Crippen LogP contribution in [0.25, 0.3) is 0 Å². The Morgan fingerprint density at radius 3 is 2.17 bits per heavy atom. The van der Waals surface area contributed by atoms with Gasteiger partial charge >= 0.3 is 0 Å². The third-order valence-electron chi connectivity index (χ3n) is 6.02. The van der Waals surface area contributed by atoms with E-state index in [1.165, 1.54) is 50.5 Å². The molecule has 2 atom stereocenters. The average molecular weight is 331 g/mol. The molecule has 0 aliphatic heterocycles. The van der Waals surface area contributed by atoms with Crippen LogP contribution in [0, 0.1) is 23.2 Å². The summed E-state index contributed by atoms with van der Waals surface area (Å²) in [7, 11) is 0. The summed E-state index contributed by atoms with van der Waals surface area (Å²) in [5.41, 5.74) is 3.78. The molecule has 138 valence electrons. The lowest BCUT2D eigenvalue weighted by atomic mass is 9.76. The molecule has 0 heteroatoms. The predicted octanol–water partition coefficient (Wildman–Crippen LogP) is 7.70. The second-order valence-electron chi connectivity index (χ2n) is 8.33. The average Bonchev–Trinajstić information content (AvgIpc) is 3.35. The standard InChI is InChI=1S/C22H36.C2H6/c1-6-12-22(13-14-22)19(5)18(4)15-21-9-7-8-20(16-21)11-10-17(2)3;1-2/h7-9,16-19H,6,10-15H2,1-5H3;1-2H3. The van der Waals surface area contributed by atoms with Gasteiger partial charge in [-0.3, -0.25) is 0 Å². The summed E-state index contributed by atoms with van der Waals surface area (Å²) in [6.45, 7) is 16.0. The Kier molecular flexibility index (Phi) is 9.09. The first-order chi connectivity index (χ1) is 11.5. The lowest BCUT2D eigenvalue weighted by Gasteiger charge is -2.29. The van der Waals surface area contributed by atoms with Crippen molar-refractivity contribution in [1.29, 1.82) is 0 Å². The summed E-state index contributed by atoms with van der Waals surface area (Å²) >= 11 is 0. The fourth-order valence-electron chi connectivity index (χ4n) is 4.11. The van der Waals surface area contributed by atoms with Crippen LogP contribution in [0.4, 0.5) is 0 Å². The summed E-state index contributed by atoms with van der Waals surface area (Å²) in [4.78, 5) is 0. The van der Waals surface area contributed by atoms with Gasteiger partial charge in [0, 0.05) is 0 Å². The fraction of sp³-hybridized carbons (Fsp3) is 0.750. The Bertz CT molecular complexity index is 453. The quantitative estimate of drug-likeness (QED) is 0.435. The molecule has 0 heterocycles. The Hall–Kier alpha value is -0.780. The first kappa shape index (κ1) is 21.3. The molecule has 1 aromatic carbocycles. The van der Waals surface area contributed by atoms with Crippen molar-refractivity contribution in [3.05, 3.63) is 35.4 Å². The maximum atomic E-state index is 2.51. The molecule has 1 fully saturated rings. The van der Waals surface area contributed by atoms with E-state index in [4.69, 9.17) is 0 Å². The largest absolute Gasteiger partial charge is 0.0683 e. The van der Waals surface area contributed by atoms with Crippen molar-refractivity contribution in [3.63, 3.8) is 0 Å². The van der Waals surface area contributed by atoms with Gasteiger partial charge in [0.1, 0.15) is 0 Å². The molecule has 0 saturated heterocycles. The Morgan fingerprint density at radius 1 is 1.00 bits per heavy atom. The number of hydrogen-bond donors (Lipinski definition) is 0. The molecule has 0 N–H and O–H groups in total. The number of rotatable bonds is 9. The molecule has 1 aliphatic rings. The third-order valence-corrected chi connectivity index (χ3v) is 6.02. The van der Waals surface area contributed by atoms with E-state index in [0.29, 0.717) is 5.41 Å². The van der Waals surface area contributed by atoms with Crippen LogP contribution in [0.3, 0.4) is 0 Å². The molecule has 2 unspecified atom stereocenters.